The Labute approximate surface area is 241 Å². The lowest BCUT2D eigenvalue weighted by atomic mass is 10.2. The normalized spacial score (nSPS) is 13.1. The Balaban J connectivity index is 0.00000420. The highest BCUT2D eigenvalue weighted by molar-refractivity contribution is 7.89. The van der Waals surface area contributed by atoms with Crippen LogP contribution < -0.4 is 14.4 Å². The predicted octanol–water partition coefficient (Wildman–Crippen LogP) is 4.90. The summed E-state index contributed by atoms with van der Waals surface area (Å²) in [5.41, 5.74) is 1.16. The van der Waals surface area contributed by atoms with E-state index >= 15 is 0 Å². The number of rotatable bonds is 12. The topological polar surface area (TPSA) is 92.3 Å². The van der Waals surface area contributed by atoms with E-state index in [0.717, 1.165) is 36.0 Å². The third kappa shape index (κ3) is 7.20. The summed E-state index contributed by atoms with van der Waals surface area (Å²) in [6, 6.07) is 9.99. The Morgan fingerprint density at radius 2 is 1.64 bits per heavy atom. The Kier molecular flexibility index (Phi) is 11.0. The molecule has 0 N–H and O–H groups in total. The van der Waals surface area contributed by atoms with Gasteiger partial charge in [-0.1, -0.05) is 31.6 Å². The molecule has 0 radical (unpaired) electrons. The number of ether oxygens (including phenoxy) is 2. The fraction of sp³-hybridized carbons (Fsp3) is 0.481. The smallest absolute Gasteiger partial charge is 0.260 e. The van der Waals surface area contributed by atoms with Gasteiger partial charge in [0.25, 0.3) is 5.91 Å². The molecule has 2 heterocycles. The molecule has 0 fully saturated rings. The summed E-state index contributed by atoms with van der Waals surface area (Å²) >= 11 is 1.42. The highest BCUT2D eigenvalue weighted by atomic mass is 35.5. The molecule has 0 saturated carbocycles. The quantitative estimate of drug-likeness (QED) is 0.294. The Morgan fingerprint density at radius 3 is 2.26 bits per heavy atom. The van der Waals surface area contributed by atoms with Crippen LogP contribution in [0.2, 0.25) is 0 Å². The number of halogens is 1. The molecule has 1 aromatic heterocycles. The molecule has 12 heteroatoms. The van der Waals surface area contributed by atoms with Gasteiger partial charge in [0.1, 0.15) is 13.2 Å². The molecule has 1 aliphatic heterocycles. The first-order valence-corrected chi connectivity index (χ1v) is 15.3. The van der Waals surface area contributed by atoms with Crippen LogP contribution in [0.4, 0.5) is 5.13 Å². The molecule has 39 heavy (non-hydrogen) atoms. The molecule has 9 nitrogen and oxygen atoms in total. The number of anilines is 1. The van der Waals surface area contributed by atoms with Gasteiger partial charge in [0, 0.05) is 37.3 Å². The second-order valence-corrected chi connectivity index (χ2v) is 12.4. The highest BCUT2D eigenvalue weighted by Gasteiger charge is 2.25. The molecule has 0 atom stereocenters. The van der Waals surface area contributed by atoms with Crippen molar-refractivity contribution in [3.8, 4) is 11.5 Å². The van der Waals surface area contributed by atoms with Gasteiger partial charge >= 0.3 is 0 Å². The molecular formula is C27H37ClN4O5S2. The van der Waals surface area contributed by atoms with Gasteiger partial charge in [0.05, 0.1) is 15.1 Å². The van der Waals surface area contributed by atoms with Gasteiger partial charge in [0.2, 0.25) is 10.0 Å². The van der Waals surface area contributed by atoms with E-state index in [4.69, 9.17) is 14.5 Å². The third-order valence-corrected chi connectivity index (χ3v) is 9.39. The number of hydrogen-bond donors (Lipinski definition) is 0. The number of carbonyl (C=O) groups excluding carboxylic acids is 1. The largest absolute Gasteiger partial charge is 0.486 e. The molecule has 0 saturated heterocycles. The molecule has 4 rings (SSSR count). The van der Waals surface area contributed by atoms with E-state index in [1.54, 1.807) is 17.0 Å². The first kappa shape index (κ1) is 31.1. The summed E-state index contributed by atoms with van der Waals surface area (Å²) in [6.45, 7) is 7.03. The number of amides is 1. The molecule has 1 aliphatic rings. The Morgan fingerprint density at radius 1 is 0.974 bits per heavy atom. The van der Waals surface area contributed by atoms with Crippen molar-refractivity contribution in [2.24, 2.45) is 0 Å². The van der Waals surface area contributed by atoms with Gasteiger partial charge in [-0.05, 0) is 57.7 Å². The van der Waals surface area contributed by atoms with Crippen LogP contribution in [-0.2, 0) is 10.0 Å². The van der Waals surface area contributed by atoms with Crippen LogP contribution in [0.1, 0.15) is 43.5 Å². The van der Waals surface area contributed by atoms with Crippen LogP contribution in [0.5, 0.6) is 11.5 Å². The molecule has 0 spiro atoms. The second kappa shape index (κ2) is 13.8. The average Bonchev–Trinajstić information content (AvgIpc) is 3.32. The minimum atomic E-state index is -3.62. The van der Waals surface area contributed by atoms with Crippen LogP contribution in [-0.4, -0.2) is 82.0 Å². The summed E-state index contributed by atoms with van der Waals surface area (Å²) in [7, 11) is 0.369. The van der Waals surface area contributed by atoms with E-state index in [2.05, 4.69) is 4.90 Å². The number of carbonyl (C=O) groups is 1. The zero-order chi connectivity index (χ0) is 27.3. The van der Waals surface area contributed by atoms with E-state index in [1.807, 2.05) is 40.1 Å². The van der Waals surface area contributed by atoms with Crippen molar-refractivity contribution in [1.29, 1.82) is 0 Å². The second-order valence-electron chi connectivity index (χ2n) is 9.45. The number of hydrogen-bond acceptors (Lipinski definition) is 8. The van der Waals surface area contributed by atoms with Crippen LogP contribution in [0.25, 0.3) is 10.2 Å². The van der Waals surface area contributed by atoms with Crippen molar-refractivity contribution in [2.75, 3.05) is 58.4 Å². The zero-order valence-electron chi connectivity index (χ0n) is 22.9. The van der Waals surface area contributed by atoms with Crippen molar-refractivity contribution in [3.05, 3.63) is 42.0 Å². The number of sulfonamides is 1. The minimum Gasteiger partial charge on any atom is -0.486 e. The van der Waals surface area contributed by atoms with Gasteiger partial charge in [-0.15, -0.1) is 12.4 Å². The molecule has 2 aromatic carbocycles. The maximum absolute atomic E-state index is 13.7. The summed E-state index contributed by atoms with van der Waals surface area (Å²) in [5.74, 6) is 1.12. The summed E-state index contributed by atoms with van der Waals surface area (Å²) in [4.78, 5) is 22.4. The summed E-state index contributed by atoms with van der Waals surface area (Å²) < 4.78 is 40.0. The minimum absolute atomic E-state index is 0. The fourth-order valence-corrected chi connectivity index (χ4v) is 6.74. The van der Waals surface area contributed by atoms with Gasteiger partial charge in [-0.3, -0.25) is 9.69 Å². The van der Waals surface area contributed by atoms with E-state index in [-0.39, 0.29) is 23.2 Å². The van der Waals surface area contributed by atoms with Crippen molar-refractivity contribution >= 4 is 55.0 Å². The molecule has 0 bridgehead atoms. The number of nitrogens with zero attached hydrogens (tertiary/aromatic N) is 4. The van der Waals surface area contributed by atoms with Crippen LogP contribution >= 0.6 is 23.7 Å². The van der Waals surface area contributed by atoms with Gasteiger partial charge < -0.3 is 14.4 Å². The molecule has 1 amide bonds. The van der Waals surface area contributed by atoms with Gasteiger partial charge in [-0.2, -0.15) is 4.31 Å². The van der Waals surface area contributed by atoms with Crippen molar-refractivity contribution in [2.45, 2.75) is 38.0 Å². The summed E-state index contributed by atoms with van der Waals surface area (Å²) in [5, 5.41) is 0.583. The number of unbranched alkanes of at least 4 members (excludes halogenated alkanes) is 1. The van der Waals surface area contributed by atoms with Crippen molar-refractivity contribution in [3.63, 3.8) is 0 Å². The lowest BCUT2D eigenvalue weighted by Crippen LogP contribution is -2.34. The number of thiazole rings is 1. The SMILES string of the molecule is CCCCN(CC)S(=O)(=O)c1ccc(C(=O)N(CCCN(C)C)c2nc3cc4c(cc3s2)OCCO4)cc1.Cl. The maximum Gasteiger partial charge on any atom is 0.260 e. The van der Waals surface area contributed by atoms with Crippen LogP contribution in [0.3, 0.4) is 0 Å². The summed E-state index contributed by atoms with van der Waals surface area (Å²) in [6.07, 6.45) is 2.47. The Hall–Kier alpha value is -2.44. The molecule has 3 aromatic rings. The monoisotopic (exact) mass is 596 g/mol. The van der Waals surface area contributed by atoms with Crippen molar-refractivity contribution < 1.29 is 22.7 Å². The number of aromatic nitrogens is 1. The third-order valence-electron chi connectivity index (χ3n) is 6.36. The molecular weight excluding hydrogens is 560 g/mol. The van der Waals surface area contributed by atoms with Crippen LogP contribution in [0, 0.1) is 0 Å². The van der Waals surface area contributed by atoms with E-state index < -0.39 is 10.0 Å². The van der Waals surface area contributed by atoms with Crippen molar-refractivity contribution in [1.82, 2.24) is 14.2 Å². The van der Waals surface area contributed by atoms with Gasteiger partial charge in [0.15, 0.2) is 16.6 Å². The highest BCUT2D eigenvalue weighted by Crippen LogP contribution is 2.39. The van der Waals surface area contributed by atoms with E-state index in [9.17, 15) is 13.2 Å². The number of fused-ring (bicyclic) bond motifs is 2. The Bertz CT molecular complexity index is 1320. The fourth-order valence-electron chi connectivity index (χ4n) is 4.25. The van der Waals surface area contributed by atoms with Gasteiger partial charge in [-0.25, -0.2) is 13.4 Å². The van der Waals surface area contributed by atoms with Crippen LogP contribution in [0.15, 0.2) is 41.3 Å². The predicted molar refractivity (Wildman–Crippen MR) is 158 cm³/mol. The molecule has 0 aliphatic carbocycles. The molecule has 214 valence electrons. The first-order chi connectivity index (χ1) is 18.2. The first-order valence-electron chi connectivity index (χ1n) is 13.0. The number of benzene rings is 2. The average molecular weight is 597 g/mol. The standard InChI is InChI=1S/C27H36N4O5S2.ClH/c1-5-7-14-30(6-2)38(33,34)21-11-9-20(10-12-21)26(32)31(15-8-13-29(3)4)27-28-22-18-23-24(19-25(22)37-27)36-17-16-35-23;/h9-12,18-19H,5-8,13-17H2,1-4H3;1H. The lowest BCUT2D eigenvalue weighted by Gasteiger charge is -2.22. The zero-order valence-corrected chi connectivity index (χ0v) is 25.3. The molecule has 0 unspecified atom stereocenters. The maximum atomic E-state index is 13.7. The van der Waals surface area contributed by atoms with E-state index in [0.29, 0.717) is 55.0 Å². The van der Waals surface area contributed by atoms with E-state index in [1.165, 1.54) is 27.8 Å². The lowest BCUT2D eigenvalue weighted by molar-refractivity contribution is 0.0986.